The number of carbonyl (C=O) groups is 1. The van der Waals surface area contributed by atoms with Crippen LogP contribution in [0.3, 0.4) is 0 Å². The smallest absolute Gasteiger partial charge is 0.257 e. The van der Waals surface area contributed by atoms with Gasteiger partial charge in [-0.3, -0.25) is 9.78 Å². The first kappa shape index (κ1) is 15.6. The lowest BCUT2D eigenvalue weighted by Crippen LogP contribution is -2.31. The van der Waals surface area contributed by atoms with Crippen LogP contribution >= 0.6 is 0 Å². The Morgan fingerprint density at radius 1 is 1.22 bits per heavy atom. The summed E-state index contributed by atoms with van der Waals surface area (Å²) in [5, 5.41) is 10.3. The zero-order chi connectivity index (χ0) is 16.4. The number of hydrogen-bond donors (Lipinski definition) is 1. The summed E-state index contributed by atoms with van der Waals surface area (Å²) in [6.07, 6.45) is 3.33. The highest BCUT2D eigenvalue weighted by atomic mass is 16.3. The molecule has 1 aliphatic heterocycles. The molecule has 1 amide bonds. The minimum absolute atomic E-state index is 0.000840. The van der Waals surface area contributed by atoms with E-state index in [9.17, 15) is 9.90 Å². The lowest BCUT2D eigenvalue weighted by atomic mass is 10.00. The molecule has 0 radical (unpaired) electrons. The van der Waals surface area contributed by atoms with Gasteiger partial charge in [0.2, 0.25) is 0 Å². The Balaban J connectivity index is 1.74. The minimum Gasteiger partial charge on any atom is -0.391 e. The summed E-state index contributed by atoms with van der Waals surface area (Å²) >= 11 is 0. The van der Waals surface area contributed by atoms with Crippen molar-refractivity contribution in [3.63, 3.8) is 0 Å². The average Bonchev–Trinajstić information content (AvgIpc) is 2.89. The predicted molar refractivity (Wildman–Crippen MR) is 84.8 cm³/mol. The zero-order valence-electron chi connectivity index (χ0n) is 13.3. The molecule has 3 rings (SSSR count). The highest BCUT2D eigenvalue weighted by molar-refractivity contribution is 5.96. The number of pyridine rings is 1. The molecule has 0 saturated carbocycles. The maximum atomic E-state index is 12.8. The zero-order valence-corrected chi connectivity index (χ0v) is 13.3. The Kier molecular flexibility index (Phi) is 4.34. The highest BCUT2D eigenvalue weighted by Crippen LogP contribution is 2.23. The molecule has 3 heterocycles. The number of amides is 1. The normalized spacial score (nSPS) is 20.7. The van der Waals surface area contributed by atoms with Crippen LogP contribution in [0.4, 0.5) is 0 Å². The number of aliphatic hydroxyl groups excluding tert-OH is 1. The van der Waals surface area contributed by atoms with Crippen LogP contribution in [0.15, 0.2) is 30.7 Å². The van der Waals surface area contributed by atoms with Crippen LogP contribution in [0, 0.1) is 19.8 Å². The topological polar surface area (TPSA) is 79.2 Å². The summed E-state index contributed by atoms with van der Waals surface area (Å²) in [7, 11) is 0. The summed E-state index contributed by atoms with van der Waals surface area (Å²) in [6.45, 7) is 4.47. The van der Waals surface area contributed by atoms with Gasteiger partial charge in [-0.1, -0.05) is 6.07 Å². The molecule has 1 aliphatic rings. The molecule has 2 atom stereocenters. The first-order chi connectivity index (χ1) is 11.1. The van der Waals surface area contributed by atoms with Crippen LogP contribution in [0.5, 0.6) is 0 Å². The molecule has 2 aromatic rings. The average molecular weight is 312 g/mol. The molecule has 0 aliphatic carbocycles. The molecule has 1 fully saturated rings. The molecule has 23 heavy (non-hydrogen) atoms. The van der Waals surface area contributed by atoms with Gasteiger partial charge in [0.25, 0.3) is 5.91 Å². The Labute approximate surface area is 135 Å². The van der Waals surface area contributed by atoms with Gasteiger partial charge in [-0.15, -0.1) is 0 Å². The van der Waals surface area contributed by atoms with E-state index >= 15 is 0 Å². The van der Waals surface area contributed by atoms with Crippen LogP contribution in [-0.2, 0) is 6.42 Å². The summed E-state index contributed by atoms with van der Waals surface area (Å²) in [6, 6.07) is 5.74. The van der Waals surface area contributed by atoms with E-state index in [2.05, 4.69) is 15.0 Å². The van der Waals surface area contributed by atoms with E-state index in [1.54, 1.807) is 24.9 Å². The quantitative estimate of drug-likeness (QED) is 0.920. The largest absolute Gasteiger partial charge is 0.391 e. The second-order valence-corrected chi connectivity index (χ2v) is 5.98. The fourth-order valence-corrected chi connectivity index (χ4v) is 3.07. The second-order valence-electron chi connectivity index (χ2n) is 5.98. The van der Waals surface area contributed by atoms with Crippen molar-refractivity contribution in [3.05, 3.63) is 53.4 Å². The summed E-state index contributed by atoms with van der Waals surface area (Å²) in [5.74, 6) is -0.109. The SMILES string of the molecule is Cc1ncnc(C)c1C(=O)N1C[C@@H](Cc2ccccn2)[C@H](O)C1. The number of carbonyl (C=O) groups excluding carboxylic acids is 1. The van der Waals surface area contributed by atoms with Crippen molar-refractivity contribution >= 4 is 5.91 Å². The van der Waals surface area contributed by atoms with Crippen LogP contribution in [-0.4, -0.2) is 50.1 Å². The lowest BCUT2D eigenvalue weighted by molar-refractivity contribution is 0.0762. The van der Waals surface area contributed by atoms with Gasteiger partial charge in [0.05, 0.1) is 23.1 Å². The summed E-state index contributed by atoms with van der Waals surface area (Å²) in [5.41, 5.74) is 2.81. The maximum Gasteiger partial charge on any atom is 0.257 e. The number of aliphatic hydroxyl groups is 1. The number of aryl methyl sites for hydroxylation is 2. The van der Waals surface area contributed by atoms with Crippen LogP contribution in [0.2, 0.25) is 0 Å². The molecule has 6 heteroatoms. The van der Waals surface area contributed by atoms with Gasteiger partial charge in [-0.05, 0) is 32.4 Å². The van der Waals surface area contributed by atoms with Gasteiger partial charge >= 0.3 is 0 Å². The minimum atomic E-state index is -0.536. The molecule has 0 unspecified atom stereocenters. The lowest BCUT2D eigenvalue weighted by Gasteiger charge is -2.18. The third-order valence-corrected chi connectivity index (χ3v) is 4.33. The first-order valence-corrected chi connectivity index (χ1v) is 7.71. The van der Waals surface area contributed by atoms with Gasteiger partial charge < -0.3 is 10.0 Å². The third kappa shape index (κ3) is 3.22. The molecular weight excluding hydrogens is 292 g/mol. The predicted octanol–water partition coefficient (Wildman–Crippen LogP) is 1.16. The number of nitrogens with zero attached hydrogens (tertiary/aromatic N) is 4. The molecule has 1 saturated heterocycles. The molecule has 0 aromatic carbocycles. The van der Waals surface area contributed by atoms with Crippen molar-refractivity contribution < 1.29 is 9.90 Å². The van der Waals surface area contributed by atoms with Crippen molar-refractivity contribution in [1.29, 1.82) is 0 Å². The molecule has 6 nitrogen and oxygen atoms in total. The fraction of sp³-hybridized carbons (Fsp3) is 0.412. The van der Waals surface area contributed by atoms with E-state index in [-0.39, 0.29) is 11.8 Å². The van der Waals surface area contributed by atoms with E-state index in [0.29, 0.717) is 36.5 Å². The van der Waals surface area contributed by atoms with E-state index < -0.39 is 6.10 Å². The Bertz CT molecular complexity index is 685. The number of hydrogen-bond acceptors (Lipinski definition) is 5. The number of likely N-dealkylation sites (tertiary alicyclic amines) is 1. The molecule has 120 valence electrons. The van der Waals surface area contributed by atoms with Gasteiger partial charge in [0, 0.05) is 30.9 Å². The van der Waals surface area contributed by atoms with E-state index in [1.807, 2.05) is 18.2 Å². The molecule has 1 N–H and O–H groups in total. The van der Waals surface area contributed by atoms with Gasteiger partial charge in [0.15, 0.2) is 0 Å². The number of rotatable bonds is 3. The molecular formula is C17H20N4O2. The standard InChI is InChI=1S/C17H20N4O2/c1-11-16(12(2)20-10-19-11)17(23)21-8-13(15(22)9-21)7-14-5-3-4-6-18-14/h3-6,10,13,15,22H,7-9H2,1-2H3/t13-,15-/m1/s1. The van der Waals surface area contributed by atoms with Crippen molar-refractivity contribution in [3.8, 4) is 0 Å². The van der Waals surface area contributed by atoms with E-state index in [0.717, 1.165) is 5.69 Å². The Morgan fingerprint density at radius 2 is 1.96 bits per heavy atom. The summed E-state index contributed by atoms with van der Waals surface area (Å²) < 4.78 is 0. The second kappa shape index (κ2) is 6.42. The van der Waals surface area contributed by atoms with Crippen molar-refractivity contribution in [2.75, 3.05) is 13.1 Å². The monoisotopic (exact) mass is 312 g/mol. The number of aromatic nitrogens is 3. The van der Waals surface area contributed by atoms with Gasteiger partial charge in [0.1, 0.15) is 6.33 Å². The summed E-state index contributed by atoms with van der Waals surface area (Å²) in [4.78, 5) is 27.0. The van der Waals surface area contributed by atoms with Crippen LogP contribution in [0.25, 0.3) is 0 Å². The number of β-amino-alcohol motifs (C(OH)–C–C–N with tert-alkyl or cyclic N) is 1. The van der Waals surface area contributed by atoms with E-state index in [1.165, 1.54) is 6.33 Å². The maximum absolute atomic E-state index is 12.8. The van der Waals surface area contributed by atoms with Crippen molar-refractivity contribution in [2.45, 2.75) is 26.4 Å². The van der Waals surface area contributed by atoms with Gasteiger partial charge in [-0.25, -0.2) is 9.97 Å². The fourth-order valence-electron chi connectivity index (χ4n) is 3.07. The molecule has 0 bridgehead atoms. The Morgan fingerprint density at radius 3 is 2.61 bits per heavy atom. The van der Waals surface area contributed by atoms with Crippen molar-refractivity contribution in [2.24, 2.45) is 5.92 Å². The molecule has 2 aromatic heterocycles. The third-order valence-electron chi connectivity index (χ3n) is 4.33. The van der Waals surface area contributed by atoms with Gasteiger partial charge in [-0.2, -0.15) is 0 Å². The Hall–Kier alpha value is -2.34. The van der Waals surface area contributed by atoms with Crippen molar-refractivity contribution in [1.82, 2.24) is 19.9 Å². The molecule has 0 spiro atoms. The first-order valence-electron chi connectivity index (χ1n) is 7.71. The van der Waals surface area contributed by atoms with E-state index in [4.69, 9.17) is 0 Å². The van der Waals surface area contributed by atoms with Crippen LogP contribution in [0.1, 0.15) is 27.4 Å². The highest BCUT2D eigenvalue weighted by Gasteiger charge is 2.35. The van der Waals surface area contributed by atoms with Crippen LogP contribution < -0.4 is 0 Å².